The van der Waals surface area contributed by atoms with Gasteiger partial charge in [-0.1, -0.05) is 40.9 Å². The van der Waals surface area contributed by atoms with Crippen molar-refractivity contribution in [2.75, 3.05) is 13.2 Å². The molecule has 9 heteroatoms. The molecule has 2 heterocycles. The fraction of sp³-hybridized carbons (Fsp3) is 0.350. The Morgan fingerprint density at radius 3 is 2.86 bits per heavy atom. The smallest absolute Gasteiger partial charge is 0.183 e. The minimum atomic E-state index is 0.112. The van der Waals surface area contributed by atoms with Crippen LogP contribution in [0.15, 0.2) is 36.4 Å². The molecule has 0 amide bonds. The highest BCUT2D eigenvalue weighted by Crippen LogP contribution is 2.33. The van der Waals surface area contributed by atoms with E-state index in [4.69, 9.17) is 44.3 Å². The highest BCUT2D eigenvalue weighted by molar-refractivity contribution is 6.43. The van der Waals surface area contributed by atoms with Gasteiger partial charge in [0.2, 0.25) is 0 Å². The van der Waals surface area contributed by atoms with E-state index in [0.29, 0.717) is 39.6 Å². The summed E-state index contributed by atoms with van der Waals surface area (Å²) in [6.45, 7) is 1.65. The second-order valence-corrected chi connectivity index (χ2v) is 8.03. The molecule has 0 radical (unpaired) electrons. The molecule has 0 spiro atoms. The van der Waals surface area contributed by atoms with Gasteiger partial charge in [0.25, 0.3) is 0 Å². The largest absolute Gasteiger partial charge is 0.491 e. The average Bonchev–Trinajstić information content (AvgIpc) is 3.18. The Morgan fingerprint density at radius 1 is 1.14 bits per heavy atom. The van der Waals surface area contributed by atoms with Gasteiger partial charge in [0, 0.05) is 22.8 Å². The summed E-state index contributed by atoms with van der Waals surface area (Å²) in [6.07, 6.45) is 3.39. The van der Waals surface area contributed by atoms with Crippen molar-refractivity contribution in [3.8, 4) is 17.1 Å². The van der Waals surface area contributed by atoms with Gasteiger partial charge >= 0.3 is 0 Å². The molecule has 0 N–H and O–H groups in total. The van der Waals surface area contributed by atoms with Crippen LogP contribution in [0.3, 0.4) is 0 Å². The van der Waals surface area contributed by atoms with Crippen LogP contribution in [0, 0.1) is 0 Å². The average molecular weight is 454 g/mol. The summed E-state index contributed by atoms with van der Waals surface area (Å²) >= 11 is 18.7. The summed E-state index contributed by atoms with van der Waals surface area (Å²) in [6, 6.07) is 10.9. The number of hydrogen-bond donors (Lipinski definition) is 0. The van der Waals surface area contributed by atoms with Crippen LogP contribution in [0.1, 0.15) is 24.8 Å². The van der Waals surface area contributed by atoms with Crippen molar-refractivity contribution in [2.45, 2.75) is 31.9 Å². The molecule has 0 saturated carbocycles. The highest BCUT2D eigenvalue weighted by atomic mass is 35.5. The van der Waals surface area contributed by atoms with Crippen molar-refractivity contribution in [2.24, 2.45) is 0 Å². The second-order valence-electron chi connectivity index (χ2n) is 6.81. The number of hydrogen-bond acceptors (Lipinski definition) is 5. The van der Waals surface area contributed by atoms with Crippen molar-refractivity contribution >= 4 is 34.8 Å². The molecule has 1 saturated heterocycles. The first-order valence-electron chi connectivity index (χ1n) is 9.35. The van der Waals surface area contributed by atoms with Crippen molar-refractivity contribution in [1.82, 2.24) is 20.2 Å². The van der Waals surface area contributed by atoms with E-state index in [2.05, 4.69) is 15.5 Å². The molecule has 29 heavy (non-hydrogen) atoms. The number of ether oxygens (including phenoxy) is 2. The molecule has 1 unspecified atom stereocenters. The number of rotatable bonds is 6. The Morgan fingerprint density at radius 2 is 2.03 bits per heavy atom. The molecule has 0 aliphatic carbocycles. The first-order chi connectivity index (χ1) is 14.1. The Labute approximate surface area is 183 Å². The zero-order valence-corrected chi connectivity index (χ0v) is 17.8. The molecule has 1 aromatic heterocycles. The van der Waals surface area contributed by atoms with Gasteiger partial charge in [0.05, 0.1) is 22.7 Å². The van der Waals surface area contributed by atoms with E-state index in [1.807, 2.05) is 18.2 Å². The lowest BCUT2D eigenvalue weighted by Gasteiger charge is -2.23. The van der Waals surface area contributed by atoms with Gasteiger partial charge in [0.1, 0.15) is 12.4 Å². The molecule has 3 aromatic rings. The van der Waals surface area contributed by atoms with Gasteiger partial charge in [-0.2, -0.15) is 0 Å². The Bertz CT molecular complexity index is 990. The number of halogens is 3. The lowest BCUT2D eigenvalue weighted by molar-refractivity contribution is -0.0112. The van der Waals surface area contributed by atoms with E-state index in [0.717, 1.165) is 37.2 Å². The topological polar surface area (TPSA) is 62.1 Å². The van der Waals surface area contributed by atoms with Gasteiger partial charge < -0.3 is 9.47 Å². The van der Waals surface area contributed by atoms with Crippen LogP contribution in [0.25, 0.3) is 11.4 Å². The first-order valence-corrected chi connectivity index (χ1v) is 10.5. The summed E-state index contributed by atoms with van der Waals surface area (Å²) in [7, 11) is 0. The maximum Gasteiger partial charge on any atom is 0.183 e. The fourth-order valence-electron chi connectivity index (χ4n) is 3.28. The van der Waals surface area contributed by atoms with Gasteiger partial charge in [-0.15, -0.1) is 5.10 Å². The Balaban J connectivity index is 1.58. The van der Waals surface area contributed by atoms with E-state index in [1.165, 1.54) is 0 Å². The van der Waals surface area contributed by atoms with Crippen LogP contribution < -0.4 is 4.74 Å². The Kier molecular flexibility index (Phi) is 6.55. The second kappa shape index (κ2) is 9.30. The standard InChI is InChI=1S/C20H19Cl3N4O2/c21-14-7-8-18(29-12-15-4-1-2-9-28-15)13(10-14)11-27-20(24-25-26-27)16-5-3-6-17(22)19(16)23/h3,5-8,10,15H,1-2,4,9,11-12H2. The third-order valence-corrected chi connectivity index (χ3v) is 5.82. The van der Waals surface area contributed by atoms with Gasteiger partial charge in [0.15, 0.2) is 5.82 Å². The predicted molar refractivity (Wildman–Crippen MR) is 113 cm³/mol. The minimum absolute atomic E-state index is 0.112. The van der Waals surface area contributed by atoms with Crippen molar-refractivity contribution in [3.05, 3.63) is 57.0 Å². The van der Waals surface area contributed by atoms with Crippen LogP contribution >= 0.6 is 34.8 Å². The summed E-state index contributed by atoms with van der Waals surface area (Å²) in [5, 5.41) is 13.5. The third-order valence-electron chi connectivity index (χ3n) is 4.77. The predicted octanol–water partition coefficient (Wildman–Crippen LogP) is 5.30. The van der Waals surface area contributed by atoms with Crippen molar-refractivity contribution in [1.29, 1.82) is 0 Å². The van der Waals surface area contributed by atoms with Crippen molar-refractivity contribution < 1.29 is 9.47 Å². The first kappa shape index (κ1) is 20.4. The molecule has 6 nitrogen and oxygen atoms in total. The molecule has 1 fully saturated rings. The zero-order valence-electron chi connectivity index (χ0n) is 15.5. The van der Waals surface area contributed by atoms with Crippen LogP contribution in [0.5, 0.6) is 5.75 Å². The van der Waals surface area contributed by atoms with Crippen molar-refractivity contribution in [3.63, 3.8) is 0 Å². The van der Waals surface area contributed by atoms with E-state index < -0.39 is 0 Å². The summed E-state index contributed by atoms with van der Waals surface area (Å²) in [5.41, 5.74) is 1.52. The van der Waals surface area contributed by atoms with Gasteiger partial charge in [-0.25, -0.2) is 4.68 Å². The van der Waals surface area contributed by atoms with Crippen LogP contribution in [-0.2, 0) is 11.3 Å². The zero-order chi connectivity index (χ0) is 20.2. The molecular weight excluding hydrogens is 435 g/mol. The SMILES string of the molecule is Clc1ccc(OCC2CCCCO2)c(Cn2nnnc2-c2cccc(Cl)c2Cl)c1. The molecule has 4 rings (SSSR count). The van der Waals surface area contributed by atoms with E-state index in [1.54, 1.807) is 22.9 Å². The molecule has 2 aromatic carbocycles. The number of nitrogens with zero attached hydrogens (tertiary/aromatic N) is 4. The lowest BCUT2D eigenvalue weighted by atomic mass is 10.1. The maximum atomic E-state index is 6.35. The van der Waals surface area contributed by atoms with Crippen LogP contribution in [0.4, 0.5) is 0 Å². The van der Waals surface area contributed by atoms with Crippen LogP contribution in [0.2, 0.25) is 15.1 Å². The summed E-state index contributed by atoms with van der Waals surface area (Å²) in [4.78, 5) is 0. The minimum Gasteiger partial charge on any atom is -0.491 e. The van der Waals surface area contributed by atoms with Gasteiger partial charge in [-0.3, -0.25) is 0 Å². The summed E-state index contributed by atoms with van der Waals surface area (Å²) in [5.74, 6) is 1.24. The molecule has 152 valence electrons. The number of benzene rings is 2. The molecular formula is C20H19Cl3N4O2. The third kappa shape index (κ3) is 4.83. The fourth-order valence-corrected chi connectivity index (χ4v) is 3.86. The van der Waals surface area contributed by atoms with E-state index in [-0.39, 0.29) is 6.10 Å². The van der Waals surface area contributed by atoms with Gasteiger partial charge in [-0.05, 0) is 60.0 Å². The van der Waals surface area contributed by atoms with E-state index >= 15 is 0 Å². The number of tetrazole rings is 1. The monoisotopic (exact) mass is 452 g/mol. The lowest BCUT2D eigenvalue weighted by Crippen LogP contribution is -2.26. The highest BCUT2D eigenvalue weighted by Gasteiger charge is 2.18. The molecule has 1 atom stereocenters. The van der Waals surface area contributed by atoms with Crippen LogP contribution in [-0.4, -0.2) is 39.5 Å². The molecule has 1 aliphatic heterocycles. The van der Waals surface area contributed by atoms with E-state index in [9.17, 15) is 0 Å². The molecule has 1 aliphatic rings. The number of aromatic nitrogens is 4. The summed E-state index contributed by atoms with van der Waals surface area (Å²) < 4.78 is 13.5. The normalized spacial score (nSPS) is 16.7. The maximum absolute atomic E-state index is 6.35. The Hall–Kier alpha value is -1.86. The molecule has 0 bridgehead atoms. The quantitative estimate of drug-likeness (QED) is 0.507.